The largest absolute Gasteiger partial charge is 0.360 e. The molecule has 0 aliphatic rings. The maximum atomic E-state index is 13.1. The van der Waals surface area contributed by atoms with Gasteiger partial charge in [0.2, 0.25) is 0 Å². The van der Waals surface area contributed by atoms with Gasteiger partial charge in [0.05, 0.1) is 15.7 Å². The van der Waals surface area contributed by atoms with E-state index < -0.39 is 11.7 Å². The number of carbonyl (C=O) groups is 1. The zero-order chi connectivity index (χ0) is 16.8. The molecule has 0 saturated carbocycles. The second-order valence-corrected chi connectivity index (χ2v) is 5.19. The Balaban J connectivity index is 2.12. The molecule has 0 heterocycles. The van der Waals surface area contributed by atoms with Crippen molar-refractivity contribution in [2.45, 2.75) is 0 Å². The molecule has 0 bridgehead atoms. The Morgan fingerprint density at radius 1 is 1.17 bits per heavy atom. The summed E-state index contributed by atoms with van der Waals surface area (Å²) >= 11 is 11.6. The van der Waals surface area contributed by atoms with Crippen LogP contribution in [0.1, 0.15) is 0 Å². The van der Waals surface area contributed by atoms with Gasteiger partial charge in [-0.25, -0.2) is 4.39 Å². The van der Waals surface area contributed by atoms with Crippen molar-refractivity contribution in [3.8, 4) is 6.07 Å². The number of benzene rings is 2. The molecule has 0 fully saturated rings. The van der Waals surface area contributed by atoms with Gasteiger partial charge < -0.3 is 10.6 Å². The third kappa shape index (κ3) is 4.46. The molecule has 0 radical (unpaired) electrons. The van der Waals surface area contributed by atoms with Gasteiger partial charge in [-0.15, -0.1) is 0 Å². The van der Waals surface area contributed by atoms with Crippen LogP contribution in [0.3, 0.4) is 0 Å². The summed E-state index contributed by atoms with van der Waals surface area (Å²) in [5.41, 5.74) is 0.658. The van der Waals surface area contributed by atoms with E-state index in [1.54, 1.807) is 30.3 Å². The van der Waals surface area contributed by atoms with Crippen molar-refractivity contribution in [1.82, 2.24) is 0 Å². The average molecular weight is 350 g/mol. The van der Waals surface area contributed by atoms with Gasteiger partial charge in [-0.2, -0.15) is 5.26 Å². The first-order chi connectivity index (χ1) is 11.0. The van der Waals surface area contributed by atoms with Crippen molar-refractivity contribution in [2.75, 3.05) is 10.6 Å². The van der Waals surface area contributed by atoms with Crippen molar-refractivity contribution in [3.63, 3.8) is 0 Å². The number of para-hydroxylation sites is 1. The third-order valence-corrected chi connectivity index (χ3v) is 3.41. The molecule has 0 aliphatic carbocycles. The summed E-state index contributed by atoms with van der Waals surface area (Å²) in [4.78, 5) is 12.1. The first kappa shape index (κ1) is 16.8. The molecule has 0 atom stereocenters. The third-order valence-electron chi connectivity index (χ3n) is 2.79. The van der Waals surface area contributed by atoms with E-state index in [0.717, 1.165) is 0 Å². The topological polar surface area (TPSA) is 64.9 Å². The number of anilines is 2. The molecule has 0 saturated heterocycles. The fourth-order valence-corrected chi connectivity index (χ4v) is 2.01. The summed E-state index contributed by atoms with van der Waals surface area (Å²) < 4.78 is 13.1. The van der Waals surface area contributed by atoms with Crippen molar-refractivity contribution >= 4 is 40.5 Å². The SMILES string of the molecule is N#C/C(=C/Nc1ccc(F)c(Cl)c1)C(=O)Nc1ccccc1Cl. The van der Waals surface area contributed by atoms with Crippen LogP contribution in [-0.4, -0.2) is 5.91 Å². The molecule has 23 heavy (non-hydrogen) atoms. The van der Waals surface area contributed by atoms with Gasteiger partial charge in [0.15, 0.2) is 0 Å². The molecule has 2 N–H and O–H groups in total. The van der Waals surface area contributed by atoms with E-state index in [1.807, 2.05) is 0 Å². The molecule has 0 unspecified atom stereocenters. The fraction of sp³-hybridized carbons (Fsp3) is 0. The van der Waals surface area contributed by atoms with Crippen molar-refractivity contribution < 1.29 is 9.18 Å². The molecular weight excluding hydrogens is 340 g/mol. The van der Waals surface area contributed by atoms with Crippen LogP contribution < -0.4 is 10.6 Å². The quantitative estimate of drug-likeness (QED) is 0.626. The van der Waals surface area contributed by atoms with Crippen molar-refractivity contribution in [3.05, 3.63) is 70.1 Å². The second-order valence-electron chi connectivity index (χ2n) is 4.38. The van der Waals surface area contributed by atoms with Gasteiger partial charge in [-0.05, 0) is 30.3 Å². The average Bonchev–Trinajstić information content (AvgIpc) is 2.53. The number of nitrogens with zero attached hydrogens (tertiary/aromatic N) is 1. The molecule has 7 heteroatoms. The Morgan fingerprint density at radius 3 is 2.57 bits per heavy atom. The van der Waals surface area contributed by atoms with E-state index in [2.05, 4.69) is 10.6 Å². The standard InChI is InChI=1S/C16H10Cl2FN3O/c17-12-3-1-2-4-15(12)22-16(23)10(8-20)9-21-11-5-6-14(19)13(18)7-11/h1-7,9,21H,(H,22,23)/b10-9-. The number of nitriles is 1. The number of carbonyl (C=O) groups excluding carboxylic acids is 1. The van der Waals surface area contributed by atoms with Gasteiger partial charge in [0.25, 0.3) is 5.91 Å². The van der Waals surface area contributed by atoms with E-state index in [-0.39, 0.29) is 10.6 Å². The van der Waals surface area contributed by atoms with Crippen molar-refractivity contribution in [1.29, 1.82) is 5.26 Å². The number of rotatable bonds is 4. The zero-order valence-corrected chi connectivity index (χ0v) is 13.1. The lowest BCUT2D eigenvalue weighted by atomic mass is 10.2. The summed E-state index contributed by atoms with van der Waals surface area (Å²) in [5.74, 6) is -1.18. The number of hydrogen-bond donors (Lipinski definition) is 2. The monoisotopic (exact) mass is 349 g/mol. The highest BCUT2D eigenvalue weighted by atomic mass is 35.5. The van der Waals surface area contributed by atoms with Gasteiger partial charge in [0.1, 0.15) is 17.5 Å². The van der Waals surface area contributed by atoms with Crippen molar-refractivity contribution in [2.24, 2.45) is 0 Å². The Morgan fingerprint density at radius 2 is 1.91 bits per heavy atom. The van der Waals surface area contributed by atoms with Crippen LogP contribution >= 0.6 is 23.2 Å². The predicted octanol–water partition coefficient (Wildman–Crippen LogP) is 4.59. The summed E-state index contributed by atoms with van der Waals surface area (Å²) in [6, 6.07) is 12.4. The number of amides is 1. The minimum Gasteiger partial charge on any atom is -0.360 e. The molecule has 2 rings (SSSR count). The first-order valence-corrected chi connectivity index (χ1v) is 7.14. The highest BCUT2D eigenvalue weighted by molar-refractivity contribution is 6.34. The lowest BCUT2D eigenvalue weighted by molar-refractivity contribution is -0.112. The number of hydrogen-bond acceptors (Lipinski definition) is 3. The number of nitrogens with one attached hydrogen (secondary N) is 2. The predicted molar refractivity (Wildman–Crippen MR) is 88.8 cm³/mol. The number of halogens is 3. The molecule has 0 aliphatic heterocycles. The van der Waals surface area contributed by atoms with E-state index in [9.17, 15) is 9.18 Å². The molecule has 1 amide bonds. The first-order valence-electron chi connectivity index (χ1n) is 6.39. The van der Waals surface area contributed by atoms with E-state index in [1.165, 1.54) is 24.4 Å². The molecule has 2 aromatic rings. The maximum absolute atomic E-state index is 13.1. The van der Waals surface area contributed by atoms with Gasteiger partial charge in [-0.3, -0.25) is 4.79 Å². The second kappa shape index (κ2) is 7.63. The smallest absolute Gasteiger partial charge is 0.267 e. The lowest BCUT2D eigenvalue weighted by Crippen LogP contribution is -2.14. The minimum atomic E-state index is -0.624. The normalized spacial score (nSPS) is 10.8. The summed E-state index contributed by atoms with van der Waals surface area (Å²) in [5, 5.41) is 14.6. The Kier molecular flexibility index (Phi) is 5.58. The van der Waals surface area contributed by atoms with E-state index in [0.29, 0.717) is 16.4 Å². The van der Waals surface area contributed by atoms with Crippen LogP contribution in [0, 0.1) is 17.1 Å². The molecule has 2 aromatic carbocycles. The van der Waals surface area contributed by atoms with Crippen LogP contribution in [0.25, 0.3) is 0 Å². The maximum Gasteiger partial charge on any atom is 0.267 e. The lowest BCUT2D eigenvalue weighted by Gasteiger charge is -2.07. The summed E-state index contributed by atoms with van der Waals surface area (Å²) in [7, 11) is 0. The Bertz CT molecular complexity index is 815. The highest BCUT2D eigenvalue weighted by Crippen LogP contribution is 2.21. The van der Waals surface area contributed by atoms with Crippen LogP contribution in [0.2, 0.25) is 10.0 Å². The van der Waals surface area contributed by atoms with E-state index in [4.69, 9.17) is 28.5 Å². The molecular formula is C16H10Cl2FN3O. The Hall–Kier alpha value is -2.55. The van der Waals surface area contributed by atoms with Gasteiger partial charge >= 0.3 is 0 Å². The van der Waals surface area contributed by atoms with E-state index >= 15 is 0 Å². The highest BCUT2D eigenvalue weighted by Gasteiger charge is 2.11. The zero-order valence-electron chi connectivity index (χ0n) is 11.6. The summed E-state index contributed by atoms with van der Waals surface area (Å²) in [6.45, 7) is 0. The van der Waals surface area contributed by atoms with Crippen LogP contribution in [0.5, 0.6) is 0 Å². The summed E-state index contributed by atoms with van der Waals surface area (Å²) in [6.07, 6.45) is 1.20. The van der Waals surface area contributed by atoms with Crippen LogP contribution in [0.15, 0.2) is 54.2 Å². The van der Waals surface area contributed by atoms with Gasteiger partial charge in [-0.1, -0.05) is 35.3 Å². The molecule has 4 nitrogen and oxygen atoms in total. The minimum absolute atomic E-state index is 0.0672. The van der Waals surface area contributed by atoms with Crippen LogP contribution in [-0.2, 0) is 4.79 Å². The Labute approximate surface area is 142 Å². The molecule has 0 spiro atoms. The molecule has 0 aromatic heterocycles. The van der Waals surface area contributed by atoms with Crippen LogP contribution in [0.4, 0.5) is 15.8 Å². The molecule has 116 valence electrons. The fourth-order valence-electron chi connectivity index (χ4n) is 1.64. The van der Waals surface area contributed by atoms with Gasteiger partial charge in [0, 0.05) is 11.9 Å².